The molecule has 0 spiro atoms. The molecule has 2 aliphatic heterocycles. The third-order valence-corrected chi connectivity index (χ3v) is 4.14. The lowest BCUT2D eigenvalue weighted by Gasteiger charge is -2.25. The summed E-state index contributed by atoms with van der Waals surface area (Å²) in [7, 11) is -0.493. The second-order valence-electron chi connectivity index (χ2n) is 8.21. The van der Waals surface area contributed by atoms with E-state index in [9.17, 15) is 4.79 Å². The van der Waals surface area contributed by atoms with Crippen molar-refractivity contribution in [2.45, 2.75) is 58.8 Å². The Kier molecular flexibility index (Phi) is 4.49. The third-order valence-electron chi connectivity index (χ3n) is 4.14. The van der Waals surface area contributed by atoms with Crippen molar-refractivity contribution in [3.05, 3.63) is 23.3 Å². The van der Waals surface area contributed by atoms with E-state index in [0.717, 1.165) is 22.3 Å². The average molecular weight is 347 g/mol. The lowest BCUT2D eigenvalue weighted by molar-refractivity contribution is 0.0249. The highest BCUT2D eigenvalue weighted by molar-refractivity contribution is 6.64. The van der Waals surface area contributed by atoms with Crippen molar-refractivity contribution in [2.75, 3.05) is 13.2 Å². The molecule has 0 bridgehead atoms. The molecule has 0 saturated carbocycles. The van der Waals surface area contributed by atoms with Gasteiger partial charge < -0.3 is 24.1 Å². The van der Waals surface area contributed by atoms with Gasteiger partial charge in [0, 0.05) is 12.0 Å². The van der Waals surface area contributed by atoms with E-state index in [2.05, 4.69) is 5.32 Å². The van der Waals surface area contributed by atoms with Crippen molar-refractivity contribution in [3.63, 3.8) is 0 Å². The maximum absolute atomic E-state index is 12.0. The molecule has 6 nitrogen and oxygen atoms in total. The predicted octanol–water partition coefficient (Wildman–Crippen LogP) is 2.47. The lowest BCUT2D eigenvalue weighted by Crippen LogP contribution is -2.41. The third kappa shape index (κ3) is 3.93. The summed E-state index contributed by atoms with van der Waals surface area (Å²) in [6.45, 7) is 12.2. The molecule has 0 radical (unpaired) electrons. The number of carbonyl (C=O) groups is 1. The van der Waals surface area contributed by atoms with Crippen molar-refractivity contribution in [1.29, 1.82) is 0 Å². The van der Waals surface area contributed by atoms with Gasteiger partial charge in [-0.1, -0.05) is 6.07 Å². The number of nitrogens with one attached hydrogen (secondary N) is 1. The zero-order valence-electron chi connectivity index (χ0n) is 15.8. The van der Waals surface area contributed by atoms with Gasteiger partial charge in [0.25, 0.3) is 0 Å². The number of rotatable bonds is 2. The molecular weight excluding hydrogens is 321 g/mol. The molecule has 0 saturated heterocycles. The van der Waals surface area contributed by atoms with E-state index in [1.165, 1.54) is 0 Å². The molecule has 2 aliphatic rings. The van der Waals surface area contributed by atoms with Crippen LogP contribution in [0.3, 0.4) is 0 Å². The molecule has 1 aromatic carbocycles. The summed E-state index contributed by atoms with van der Waals surface area (Å²) in [5.74, 6) is 0.788. The minimum absolute atomic E-state index is 0.301. The lowest BCUT2D eigenvalue weighted by atomic mass is 9.76. The number of alkyl carbamates (subject to hydrolysis) is 1. The van der Waals surface area contributed by atoms with E-state index in [0.29, 0.717) is 13.2 Å². The van der Waals surface area contributed by atoms with Crippen molar-refractivity contribution in [1.82, 2.24) is 5.32 Å². The summed E-state index contributed by atoms with van der Waals surface area (Å²) in [6, 6.07) is 3.97. The Balaban J connectivity index is 1.80. The zero-order valence-corrected chi connectivity index (χ0v) is 15.8. The van der Waals surface area contributed by atoms with Crippen LogP contribution in [0.15, 0.2) is 12.1 Å². The minimum Gasteiger partial charge on any atom is -0.491 e. The van der Waals surface area contributed by atoms with Crippen molar-refractivity contribution in [3.8, 4) is 5.75 Å². The van der Waals surface area contributed by atoms with Gasteiger partial charge in [0.1, 0.15) is 18.0 Å². The minimum atomic E-state index is -0.536. The van der Waals surface area contributed by atoms with E-state index < -0.39 is 24.4 Å². The van der Waals surface area contributed by atoms with Crippen LogP contribution in [0.1, 0.15) is 51.8 Å². The van der Waals surface area contributed by atoms with E-state index >= 15 is 0 Å². The fraction of sp³-hybridized carbons (Fsp3) is 0.611. The fourth-order valence-electron chi connectivity index (χ4n) is 3.11. The van der Waals surface area contributed by atoms with Gasteiger partial charge in [-0.15, -0.1) is 0 Å². The van der Waals surface area contributed by atoms with E-state index in [4.69, 9.17) is 18.8 Å². The first kappa shape index (κ1) is 18.1. The highest BCUT2D eigenvalue weighted by Crippen LogP contribution is 2.34. The van der Waals surface area contributed by atoms with Crippen LogP contribution in [-0.4, -0.2) is 37.6 Å². The van der Waals surface area contributed by atoms with Gasteiger partial charge in [0.15, 0.2) is 0 Å². The SMILES string of the molecule is Cc1ccc2c3c1[C@@H](CNC(=O)OC(C)(C)C)OB3OC(C)(C)CO2. The van der Waals surface area contributed by atoms with E-state index in [1.807, 2.05) is 53.7 Å². The first-order valence-corrected chi connectivity index (χ1v) is 8.62. The van der Waals surface area contributed by atoms with Crippen molar-refractivity contribution >= 4 is 18.7 Å². The van der Waals surface area contributed by atoms with Gasteiger partial charge in [-0.3, -0.25) is 0 Å². The highest BCUT2D eigenvalue weighted by Gasteiger charge is 2.46. The Morgan fingerprint density at radius 1 is 1.40 bits per heavy atom. The molecule has 0 aromatic heterocycles. The van der Waals surface area contributed by atoms with Crippen LogP contribution >= 0.6 is 0 Å². The smallest absolute Gasteiger partial charge is 0.491 e. The molecule has 1 amide bonds. The first-order valence-electron chi connectivity index (χ1n) is 8.62. The van der Waals surface area contributed by atoms with Gasteiger partial charge in [-0.25, -0.2) is 4.79 Å². The van der Waals surface area contributed by atoms with E-state index in [-0.39, 0.29) is 6.10 Å². The zero-order chi connectivity index (χ0) is 18.4. The van der Waals surface area contributed by atoms with Crippen molar-refractivity contribution in [2.24, 2.45) is 0 Å². The summed E-state index contributed by atoms with van der Waals surface area (Å²) in [4.78, 5) is 12.0. The molecular formula is C18H26BNO5. The van der Waals surface area contributed by atoms with E-state index in [1.54, 1.807) is 0 Å². The molecule has 0 unspecified atom stereocenters. The summed E-state index contributed by atoms with van der Waals surface area (Å²) in [5, 5.41) is 2.79. The summed E-state index contributed by atoms with van der Waals surface area (Å²) in [5.41, 5.74) is 2.05. The second kappa shape index (κ2) is 6.22. The van der Waals surface area contributed by atoms with Crippen molar-refractivity contribution < 1.29 is 23.6 Å². The Bertz CT molecular complexity index is 683. The van der Waals surface area contributed by atoms with Crippen LogP contribution in [0.5, 0.6) is 5.75 Å². The summed E-state index contributed by atoms with van der Waals surface area (Å²) in [6.07, 6.45) is -0.760. The van der Waals surface area contributed by atoms with Gasteiger partial charge in [-0.05, 0) is 58.7 Å². The Hall–Kier alpha value is -1.73. The average Bonchev–Trinajstić information content (AvgIpc) is 2.75. The maximum Gasteiger partial charge on any atom is 0.499 e. The number of aryl methyl sites for hydroxylation is 1. The highest BCUT2D eigenvalue weighted by atomic mass is 16.6. The van der Waals surface area contributed by atoms with Gasteiger partial charge >= 0.3 is 13.2 Å². The van der Waals surface area contributed by atoms with Gasteiger partial charge in [0.05, 0.1) is 11.7 Å². The summed E-state index contributed by atoms with van der Waals surface area (Å²) >= 11 is 0. The normalized spacial score (nSPS) is 21.2. The van der Waals surface area contributed by atoms with Crippen LogP contribution in [-0.2, 0) is 14.0 Å². The molecule has 2 heterocycles. The van der Waals surface area contributed by atoms with Crippen LogP contribution in [0.2, 0.25) is 0 Å². The van der Waals surface area contributed by atoms with Gasteiger partial charge in [-0.2, -0.15) is 0 Å². The molecule has 3 rings (SSSR count). The largest absolute Gasteiger partial charge is 0.499 e. The topological polar surface area (TPSA) is 66.0 Å². The molecule has 136 valence electrons. The number of carbonyl (C=O) groups excluding carboxylic acids is 1. The number of amides is 1. The molecule has 0 fully saturated rings. The Morgan fingerprint density at radius 3 is 2.80 bits per heavy atom. The maximum atomic E-state index is 12.0. The molecule has 1 aromatic rings. The molecule has 1 atom stereocenters. The molecule has 0 aliphatic carbocycles. The second-order valence-corrected chi connectivity index (χ2v) is 8.21. The van der Waals surface area contributed by atoms with Crippen LogP contribution in [0.4, 0.5) is 4.79 Å². The number of hydrogen-bond donors (Lipinski definition) is 1. The number of benzene rings is 1. The summed E-state index contributed by atoms with van der Waals surface area (Å²) < 4.78 is 23.5. The van der Waals surface area contributed by atoms with Gasteiger partial charge in [0.2, 0.25) is 0 Å². The molecule has 7 heteroatoms. The molecule has 25 heavy (non-hydrogen) atoms. The van der Waals surface area contributed by atoms with Crippen LogP contribution in [0, 0.1) is 6.92 Å². The first-order chi connectivity index (χ1) is 11.6. The standard InChI is InChI=1S/C18H26BNO5/c1-11-7-8-12-15-14(11)13(9-20-16(21)23-17(2,3)4)24-19(15)25-18(5,6)10-22-12/h7-8,13H,9-10H2,1-6H3,(H,20,21)/t13-/m1/s1. The fourth-order valence-corrected chi connectivity index (χ4v) is 3.11. The predicted molar refractivity (Wildman–Crippen MR) is 95.3 cm³/mol. The molecule has 1 N–H and O–H groups in total. The number of hydrogen-bond acceptors (Lipinski definition) is 5. The number of ether oxygens (including phenoxy) is 2. The quantitative estimate of drug-likeness (QED) is 0.833. The monoisotopic (exact) mass is 347 g/mol. The Labute approximate surface area is 149 Å². The van der Waals surface area contributed by atoms with Crippen LogP contribution < -0.4 is 15.5 Å². The van der Waals surface area contributed by atoms with Crippen LogP contribution in [0.25, 0.3) is 0 Å². The Morgan fingerprint density at radius 2 is 2.12 bits per heavy atom.